The van der Waals surface area contributed by atoms with Crippen LogP contribution in [0, 0.1) is 19.7 Å². The largest absolute Gasteiger partial charge is 0.321 e. The third-order valence-electron chi connectivity index (χ3n) is 3.64. The second-order valence-electron chi connectivity index (χ2n) is 4.85. The SMILES string of the molecule is Cc1cc(Cl)c(C)c(C2(N)CCCC2)c1F. The quantitative estimate of drug-likeness (QED) is 0.795. The summed E-state index contributed by atoms with van der Waals surface area (Å²) >= 11 is 6.11. The van der Waals surface area contributed by atoms with Gasteiger partial charge in [-0.05, 0) is 43.9 Å². The Morgan fingerprint density at radius 2 is 1.88 bits per heavy atom. The molecule has 3 heteroatoms. The molecule has 0 radical (unpaired) electrons. The van der Waals surface area contributed by atoms with Crippen molar-refractivity contribution in [3.05, 3.63) is 33.6 Å². The number of nitrogens with two attached hydrogens (primary N) is 1. The van der Waals surface area contributed by atoms with Crippen LogP contribution in [0.2, 0.25) is 5.02 Å². The first kappa shape index (κ1) is 11.9. The smallest absolute Gasteiger partial charge is 0.131 e. The zero-order valence-corrected chi connectivity index (χ0v) is 10.5. The van der Waals surface area contributed by atoms with Crippen LogP contribution in [0.4, 0.5) is 4.39 Å². The summed E-state index contributed by atoms with van der Waals surface area (Å²) in [5, 5.41) is 0.616. The van der Waals surface area contributed by atoms with E-state index in [-0.39, 0.29) is 5.82 Å². The van der Waals surface area contributed by atoms with Crippen LogP contribution in [0.5, 0.6) is 0 Å². The van der Waals surface area contributed by atoms with Gasteiger partial charge >= 0.3 is 0 Å². The van der Waals surface area contributed by atoms with Crippen LogP contribution in [0.15, 0.2) is 6.07 Å². The van der Waals surface area contributed by atoms with Crippen molar-refractivity contribution in [2.45, 2.75) is 45.1 Å². The number of aryl methyl sites for hydroxylation is 1. The summed E-state index contributed by atoms with van der Waals surface area (Å²) in [7, 11) is 0. The zero-order valence-electron chi connectivity index (χ0n) is 9.74. The lowest BCUT2D eigenvalue weighted by Crippen LogP contribution is -2.35. The Balaban J connectivity index is 2.63. The number of hydrogen-bond acceptors (Lipinski definition) is 1. The van der Waals surface area contributed by atoms with E-state index in [0.29, 0.717) is 16.1 Å². The van der Waals surface area contributed by atoms with Crippen molar-refractivity contribution in [2.75, 3.05) is 0 Å². The monoisotopic (exact) mass is 241 g/mol. The lowest BCUT2D eigenvalue weighted by Gasteiger charge is -2.28. The van der Waals surface area contributed by atoms with Gasteiger partial charge in [0.2, 0.25) is 0 Å². The normalized spacial score (nSPS) is 19.1. The first-order valence-corrected chi connectivity index (χ1v) is 6.08. The summed E-state index contributed by atoms with van der Waals surface area (Å²) in [6, 6.07) is 1.67. The molecule has 2 N–H and O–H groups in total. The Morgan fingerprint density at radius 3 is 2.44 bits per heavy atom. The highest BCUT2D eigenvalue weighted by Gasteiger charge is 2.36. The first-order chi connectivity index (χ1) is 7.46. The minimum absolute atomic E-state index is 0.175. The number of halogens is 2. The van der Waals surface area contributed by atoms with Crippen LogP contribution in [0.25, 0.3) is 0 Å². The molecule has 88 valence electrons. The molecular formula is C13H17ClFN. The van der Waals surface area contributed by atoms with E-state index in [4.69, 9.17) is 17.3 Å². The van der Waals surface area contributed by atoms with E-state index in [9.17, 15) is 4.39 Å². The minimum Gasteiger partial charge on any atom is -0.321 e. The molecule has 0 atom stereocenters. The van der Waals surface area contributed by atoms with Crippen molar-refractivity contribution >= 4 is 11.6 Å². The Hall–Kier alpha value is -0.600. The van der Waals surface area contributed by atoms with Gasteiger partial charge in [-0.25, -0.2) is 4.39 Å². The topological polar surface area (TPSA) is 26.0 Å². The predicted molar refractivity (Wildman–Crippen MR) is 65.2 cm³/mol. The Kier molecular flexibility index (Phi) is 2.97. The van der Waals surface area contributed by atoms with E-state index in [1.54, 1.807) is 13.0 Å². The molecule has 1 nitrogen and oxygen atoms in total. The maximum absolute atomic E-state index is 14.2. The fraction of sp³-hybridized carbons (Fsp3) is 0.538. The lowest BCUT2D eigenvalue weighted by atomic mass is 9.85. The maximum Gasteiger partial charge on any atom is 0.131 e. The number of benzene rings is 1. The summed E-state index contributed by atoms with van der Waals surface area (Å²) in [4.78, 5) is 0. The van der Waals surface area contributed by atoms with Crippen LogP contribution >= 0.6 is 11.6 Å². The van der Waals surface area contributed by atoms with Crippen LogP contribution in [0.1, 0.15) is 42.4 Å². The standard InChI is InChI=1S/C13H17ClFN/c1-8-7-10(14)9(2)11(12(8)15)13(16)5-3-4-6-13/h7H,3-6,16H2,1-2H3. The third-order valence-corrected chi connectivity index (χ3v) is 4.03. The Bertz CT molecular complexity index is 396. The fourth-order valence-corrected chi connectivity index (χ4v) is 2.95. The summed E-state index contributed by atoms with van der Waals surface area (Å²) in [6.45, 7) is 3.59. The summed E-state index contributed by atoms with van der Waals surface area (Å²) in [5.41, 5.74) is 7.83. The van der Waals surface area contributed by atoms with E-state index < -0.39 is 5.54 Å². The van der Waals surface area contributed by atoms with E-state index in [1.807, 2.05) is 6.92 Å². The van der Waals surface area contributed by atoms with Crippen molar-refractivity contribution in [1.29, 1.82) is 0 Å². The molecule has 0 bridgehead atoms. The molecule has 0 aliphatic heterocycles. The minimum atomic E-state index is -0.510. The second kappa shape index (κ2) is 4.01. The molecule has 1 saturated carbocycles. The fourth-order valence-electron chi connectivity index (χ4n) is 2.69. The molecule has 2 rings (SSSR count). The third kappa shape index (κ3) is 1.74. The average Bonchev–Trinajstić information content (AvgIpc) is 2.63. The van der Waals surface area contributed by atoms with Crippen LogP contribution in [-0.4, -0.2) is 0 Å². The molecule has 0 unspecified atom stereocenters. The highest BCUT2D eigenvalue weighted by molar-refractivity contribution is 6.31. The molecule has 0 amide bonds. The van der Waals surface area contributed by atoms with Crippen molar-refractivity contribution in [3.8, 4) is 0 Å². The van der Waals surface area contributed by atoms with Crippen LogP contribution in [-0.2, 0) is 5.54 Å². The maximum atomic E-state index is 14.2. The van der Waals surface area contributed by atoms with E-state index >= 15 is 0 Å². The van der Waals surface area contributed by atoms with Crippen LogP contribution in [0.3, 0.4) is 0 Å². The molecule has 1 aromatic carbocycles. The average molecular weight is 242 g/mol. The van der Waals surface area contributed by atoms with E-state index in [1.165, 1.54) is 0 Å². The van der Waals surface area contributed by atoms with Crippen molar-refractivity contribution in [3.63, 3.8) is 0 Å². The lowest BCUT2D eigenvalue weighted by molar-refractivity contribution is 0.428. The Labute approximate surface area is 101 Å². The second-order valence-corrected chi connectivity index (χ2v) is 5.26. The first-order valence-electron chi connectivity index (χ1n) is 5.70. The number of hydrogen-bond donors (Lipinski definition) is 1. The van der Waals surface area contributed by atoms with E-state index in [0.717, 1.165) is 31.2 Å². The van der Waals surface area contributed by atoms with Crippen molar-refractivity contribution in [2.24, 2.45) is 5.73 Å². The van der Waals surface area contributed by atoms with Gasteiger partial charge in [-0.2, -0.15) is 0 Å². The molecule has 0 spiro atoms. The van der Waals surface area contributed by atoms with Gasteiger partial charge in [0.1, 0.15) is 5.82 Å². The van der Waals surface area contributed by atoms with Crippen molar-refractivity contribution < 1.29 is 4.39 Å². The molecule has 0 saturated heterocycles. The summed E-state index contributed by atoms with van der Waals surface area (Å²) in [5.74, 6) is -0.175. The van der Waals surface area contributed by atoms with Gasteiger partial charge in [-0.1, -0.05) is 24.4 Å². The molecule has 16 heavy (non-hydrogen) atoms. The van der Waals surface area contributed by atoms with Crippen LogP contribution < -0.4 is 5.73 Å². The molecule has 0 heterocycles. The van der Waals surface area contributed by atoms with Gasteiger partial charge in [0, 0.05) is 16.1 Å². The van der Waals surface area contributed by atoms with Gasteiger partial charge in [-0.15, -0.1) is 0 Å². The number of rotatable bonds is 1. The highest BCUT2D eigenvalue weighted by Crippen LogP contribution is 2.41. The predicted octanol–water partition coefficient (Wildman–Crippen LogP) is 3.82. The molecule has 1 aliphatic carbocycles. The van der Waals surface area contributed by atoms with Crippen molar-refractivity contribution in [1.82, 2.24) is 0 Å². The molecular weight excluding hydrogens is 225 g/mol. The van der Waals surface area contributed by atoms with Gasteiger partial charge in [0.25, 0.3) is 0 Å². The molecule has 1 fully saturated rings. The molecule has 0 aromatic heterocycles. The van der Waals surface area contributed by atoms with Gasteiger partial charge in [0.05, 0.1) is 0 Å². The van der Waals surface area contributed by atoms with Gasteiger partial charge in [0.15, 0.2) is 0 Å². The van der Waals surface area contributed by atoms with Gasteiger partial charge < -0.3 is 5.73 Å². The van der Waals surface area contributed by atoms with Gasteiger partial charge in [-0.3, -0.25) is 0 Å². The Morgan fingerprint density at radius 1 is 1.31 bits per heavy atom. The molecule has 1 aromatic rings. The zero-order chi connectivity index (χ0) is 11.9. The summed E-state index contributed by atoms with van der Waals surface area (Å²) < 4.78 is 14.2. The highest BCUT2D eigenvalue weighted by atomic mass is 35.5. The molecule has 1 aliphatic rings. The summed E-state index contributed by atoms with van der Waals surface area (Å²) in [6.07, 6.45) is 3.84. The van der Waals surface area contributed by atoms with E-state index in [2.05, 4.69) is 0 Å².